The number of ether oxygens (including phenoxy) is 1. The molecular weight excluding hydrogens is 490 g/mol. The van der Waals surface area contributed by atoms with E-state index in [4.69, 9.17) is 4.74 Å². The molecule has 1 atom stereocenters. The van der Waals surface area contributed by atoms with Gasteiger partial charge in [-0.3, -0.25) is 9.59 Å². The predicted octanol–water partition coefficient (Wildman–Crippen LogP) is 6.89. The van der Waals surface area contributed by atoms with E-state index in [2.05, 4.69) is 15.6 Å². The average molecular weight is 518 g/mol. The number of thiazole rings is 1. The second kappa shape index (κ2) is 11.9. The van der Waals surface area contributed by atoms with Crippen molar-refractivity contribution in [1.82, 2.24) is 4.98 Å². The van der Waals surface area contributed by atoms with Crippen LogP contribution in [-0.2, 0) is 4.79 Å². The second-order valence-electron chi connectivity index (χ2n) is 8.10. The van der Waals surface area contributed by atoms with E-state index in [-0.39, 0.29) is 17.1 Å². The minimum absolute atomic E-state index is 0.137. The summed E-state index contributed by atoms with van der Waals surface area (Å²) in [5, 5.41) is 7.95. The van der Waals surface area contributed by atoms with E-state index in [9.17, 15) is 9.59 Å². The van der Waals surface area contributed by atoms with E-state index in [1.165, 1.54) is 23.1 Å². The highest BCUT2D eigenvalue weighted by Crippen LogP contribution is 2.29. The maximum Gasteiger partial charge on any atom is 0.255 e. The summed E-state index contributed by atoms with van der Waals surface area (Å²) in [6, 6.07) is 22.7. The van der Waals surface area contributed by atoms with Crippen molar-refractivity contribution in [1.29, 1.82) is 0 Å². The van der Waals surface area contributed by atoms with Crippen LogP contribution in [0.4, 0.5) is 10.8 Å². The van der Waals surface area contributed by atoms with Gasteiger partial charge in [0.25, 0.3) is 5.91 Å². The highest BCUT2D eigenvalue weighted by atomic mass is 32.2. The Hall–Kier alpha value is -3.62. The van der Waals surface area contributed by atoms with Crippen molar-refractivity contribution >= 4 is 45.7 Å². The smallest absolute Gasteiger partial charge is 0.255 e. The van der Waals surface area contributed by atoms with Crippen LogP contribution in [0.2, 0.25) is 0 Å². The van der Waals surface area contributed by atoms with Crippen LogP contribution in [-0.4, -0.2) is 28.7 Å². The largest absolute Gasteiger partial charge is 0.494 e. The Bertz CT molecular complexity index is 1350. The van der Waals surface area contributed by atoms with Gasteiger partial charge in [0.1, 0.15) is 5.75 Å². The maximum atomic E-state index is 12.8. The first-order chi connectivity index (χ1) is 17.4. The summed E-state index contributed by atoms with van der Waals surface area (Å²) in [5.41, 5.74) is 4.07. The van der Waals surface area contributed by atoms with Crippen LogP contribution in [0.15, 0.2) is 83.1 Å². The maximum absolute atomic E-state index is 12.8. The number of hydrogen-bond donors (Lipinski definition) is 2. The molecule has 0 fully saturated rings. The Balaban J connectivity index is 1.34. The predicted molar refractivity (Wildman–Crippen MR) is 148 cm³/mol. The molecule has 184 valence electrons. The lowest BCUT2D eigenvalue weighted by Gasteiger charge is -2.12. The van der Waals surface area contributed by atoms with Crippen LogP contribution < -0.4 is 15.4 Å². The third-order valence-electron chi connectivity index (χ3n) is 5.25. The molecule has 0 aliphatic rings. The van der Waals surface area contributed by atoms with E-state index in [1.807, 2.05) is 92.9 Å². The summed E-state index contributed by atoms with van der Waals surface area (Å²) in [7, 11) is 0. The van der Waals surface area contributed by atoms with Crippen molar-refractivity contribution in [2.45, 2.75) is 30.9 Å². The standard InChI is InChI=1S/C28H27N3O3S2/c1-4-34-23-13-11-20(12-14-23)25-17-35-28(30-25)31-26(32)19(3)36-24-10-6-9-22(16-24)29-27(33)21-8-5-7-18(2)15-21/h5-17,19H,4H2,1-3H3,(H,29,33)(H,30,31,32). The molecule has 0 bridgehead atoms. The van der Waals surface area contributed by atoms with Gasteiger partial charge in [0.15, 0.2) is 5.13 Å². The van der Waals surface area contributed by atoms with Gasteiger partial charge in [-0.15, -0.1) is 23.1 Å². The lowest BCUT2D eigenvalue weighted by atomic mass is 10.1. The van der Waals surface area contributed by atoms with Gasteiger partial charge in [0, 0.05) is 27.1 Å². The van der Waals surface area contributed by atoms with Crippen molar-refractivity contribution in [3.63, 3.8) is 0 Å². The van der Waals surface area contributed by atoms with Crippen LogP contribution in [0.25, 0.3) is 11.3 Å². The third-order valence-corrected chi connectivity index (χ3v) is 7.10. The number of amides is 2. The highest BCUT2D eigenvalue weighted by molar-refractivity contribution is 8.00. The number of nitrogens with zero attached hydrogens (tertiary/aromatic N) is 1. The van der Waals surface area contributed by atoms with Crippen molar-refractivity contribution in [2.24, 2.45) is 0 Å². The lowest BCUT2D eigenvalue weighted by molar-refractivity contribution is -0.115. The number of nitrogens with one attached hydrogen (secondary N) is 2. The number of hydrogen-bond acceptors (Lipinski definition) is 6. The Kier molecular flexibility index (Phi) is 8.40. The number of thioether (sulfide) groups is 1. The molecule has 0 aliphatic carbocycles. The van der Waals surface area contributed by atoms with E-state index >= 15 is 0 Å². The number of aryl methyl sites for hydroxylation is 1. The molecule has 3 aromatic carbocycles. The van der Waals surface area contributed by atoms with Gasteiger partial charge in [0.05, 0.1) is 17.6 Å². The minimum Gasteiger partial charge on any atom is -0.494 e. The van der Waals surface area contributed by atoms with Crippen LogP contribution >= 0.6 is 23.1 Å². The Morgan fingerprint density at radius 1 is 1.03 bits per heavy atom. The van der Waals surface area contributed by atoms with Crippen LogP contribution in [0, 0.1) is 6.92 Å². The summed E-state index contributed by atoms with van der Waals surface area (Å²) in [5.74, 6) is 0.509. The normalized spacial score (nSPS) is 11.5. The first kappa shape index (κ1) is 25.5. The topological polar surface area (TPSA) is 80.3 Å². The van der Waals surface area contributed by atoms with E-state index in [0.717, 1.165) is 27.5 Å². The molecule has 36 heavy (non-hydrogen) atoms. The summed E-state index contributed by atoms with van der Waals surface area (Å²) in [4.78, 5) is 30.8. The number of benzene rings is 3. The fourth-order valence-electron chi connectivity index (χ4n) is 3.45. The zero-order valence-electron chi connectivity index (χ0n) is 20.3. The van der Waals surface area contributed by atoms with Crippen molar-refractivity contribution < 1.29 is 14.3 Å². The molecule has 0 saturated carbocycles. The molecule has 0 saturated heterocycles. The summed E-state index contributed by atoms with van der Waals surface area (Å²) in [6.07, 6.45) is 0. The van der Waals surface area contributed by atoms with Gasteiger partial charge >= 0.3 is 0 Å². The molecular formula is C28H27N3O3S2. The van der Waals surface area contributed by atoms with Gasteiger partial charge in [-0.1, -0.05) is 23.8 Å². The third kappa shape index (κ3) is 6.74. The molecule has 1 aromatic heterocycles. The molecule has 2 N–H and O–H groups in total. The van der Waals surface area contributed by atoms with E-state index < -0.39 is 0 Å². The second-order valence-corrected chi connectivity index (χ2v) is 10.4. The van der Waals surface area contributed by atoms with Crippen molar-refractivity contribution in [3.8, 4) is 17.0 Å². The molecule has 1 unspecified atom stereocenters. The molecule has 2 amide bonds. The van der Waals surface area contributed by atoms with Crippen LogP contribution in [0.5, 0.6) is 5.75 Å². The lowest BCUT2D eigenvalue weighted by Crippen LogP contribution is -2.22. The monoisotopic (exact) mass is 517 g/mol. The summed E-state index contributed by atoms with van der Waals surface area (Å²) >= 11 is 2.81. The molecule has 6 nitrogen and oxygen atoms in total. The number of anilines is 2. The highest BCUT2D eigenvalue weighted by Gasteiger charge is 2.17. The Morgan fingerprint density at radius 2 is 1.81 bits per heavy atom. The van der Waals surface area contributed by atoms with Gasteiger partial charge in [-0.25, -0.2) is 4.98 Å². The summed E-state index contributed by atoms with van der Waals surface area (Å²) < 4.78 is 5.48. The first-order valence-electron chi connectivity index (χ1n) is 11.6. The first-order valence-corrected chi connectivity index (χ1v) is 13.3. The molecule has 4 aromatic rings. The van der Waals surface area contributed by atoms with Gasteiger partial charge in [0.2, 0.25) is 5.91 Å². The van der Waals surface area contributed by atoms with E-state index in [1.54, 1.807) is 6.07 Å². The molecule has 8 heteroatoms. The zero-order valence-corrected chi connectivity index (χ0v) is 21.9. The number of rotatable bonds is 9. The molecule has 1 heterocycles. The van der Waals surface area contributed by atoms with Gasteiger partial charge in [-0.05, 0) is 75.4 Å². The SMILES string of the molecule is CCOc1ccc(-c2csc(NC(=O)C(C)Sc3cccc(NC(=O)c4cccc(C)c4)c3)n2)cc1. The fourth-order valence-corrected chi connectivity index (χ4v) is 5.10. The number of carbonyl (C=O) groups excluding carboxylic acids is 2. The fraction of sp³-hybridized carbons (Fsp3) is 0.179. The molecule has 0 aliphatic heterocycles. The average Bonchev–Trinajstić information content (AvgIpc) is 3.33. The van der Waals surface area contributed by atoms with Crippen LogP contribution in [0.1, 0.15) is 29.8 Å². The molecule has 0 radical (unpaired) electrons. The van der Waals surface area contributed by atoms with Crippen molar-refractivity contribution in [2.75, 3.05) is 17.2 Å². The van der Waals surface area contributed by atoms with Gasteiger partial charge in [-0.2, -0.15) is 0 Å². The minimum atomic E-state index is -0.356. The Labute approximate surface area is 219 Å². The number of carbonyl (C=O) groups is 2. The molecule has 4 rings (SSSR count). The van der Waals surface area contributed by atoms with Gasteiger partial charge < -0.3 is 15.4 Å². The quantitative estimate of drug-likeness (QED) is 0.236. The van der Waals surface area contributed by atoms with E-state index in [0.29, 0.717) is 23.0 Å². The summed E-state index contributed by atoms with van der Waals surface area (Å²) in [6.45, 7) is 6.37. The molecule has 0 spiro atoms. The van der Waals surface area contributed by atoms with Crippen molar-refractivity contribution in [3.05, 3.63) is 89.3 Å². The zero-order chi connectivity index (χ0) is 25.5. The van der Waals surface area contributed by atoms with Crippen LogP contribution in [0.3, 0.4) is 0 Å². The Morgan fingerprint density at radius 3 is 2.56 bits per heavy atom. The number of aromatic nitrogens is 1.